The van der Waals surface area contributed by atoms with E-state index in [1.54, 1.807) is 12.1 Å². The monoisotopic (exact) mass is 232 g/mol. The summed E-state index contributed by atoms with van der Waals surface area (Å²) < 4.78 is 0. The van der Waals surface area contributed by atoms with Gasteiger partial charge in [0.2, 0.25) is 0 Å². The molecule has 0 aromatic heterocycles. The molecule has 1 rings (SSSR count). The van der Waals surface area contributed by atoms with E-state index >= 15 is 0 Å². The van der Waals surface area contributed by atoms with E-state index in [1.807, 2.05) is 24.8 Å². The number of aryl methyl sites for hydroxylation is 1. The van der Waals surface area contributed by atoms with Gasteiger partial charge >= 0.3 is 5.97 Å². The van der Waals surface area contributed by atoms with Crippen molar-refractivity contribution >= 4 is 11.7 Å². The third-order valence-electron chi connectivity index (χ3n) is 2.60. The molecule has 4 heteroatoms. The maximum Gasteiger partial charge on any atom is 0.337 e. The molecule has 0 spiro atoms. The SMILES string of the molecule is CCN(CCC#N)c1cc(C)ccc1C(=O)O. The second-order valence-electron chi connectivity index (χ2n) is 3.81. The van der Waals surface area contributed by atoms with Gasteiger partial charge in [-0.1, -0.05) is 6.07 Å². The summed E-state index contributed by atoms with van der Waals surface area (Å²) in [6, 6.07) is 7.32. The zero-order chi connectivity index (χ0) is 12.8. The van der Waals surface area contributed by atoms with E-state index < -0.39 is 5.97 Å². The standard InChI is InChI=1S/C13H16N2O2/c1-3-15(8-4-7-14)12-9-10(2)5-6-11(12)13(16)17/h5-6,9H,3-4,8H2,1-2H3,(H,16,17). The van der Waals surface area contributed by atoms with Gasteiger partial charge in [-0.15, -0.1) is 0 Å². The number of nitriles is 1. The van der Waals surface area contributed by atoms with Gasteiger partial charge in [-0.25, -0.2) is 4.79 Å². The smallest absolute Gasteiger partial charge is 0.337 e. The number of carboxylic acids is 1. The van der Waals surface area contributed by atoms with Gasteiger partial charge in [0.15, 0.2) is 0 Å². The maximum absolute atomic E-state index is 11.1. The lowest BCUT2D eigenvalue weighted by Gasteiger charge is -2.24. The molecule has 0 saturated carbocycles. The summed E-state index contributed by atoms with van der Waals surface area (Å²) in [5, 5.41) is 17.7. The van der Waals surface area contributed by atoms with Crippen LogP contribution in [-0.2, 0) is 0 Å². The van der Waals surface area contributed by atoms with Crippen molar-refractivity contribution in [2.45, 2.75) is 20.3 Å². The summed E-state index contributed by atoms with van der Waals surface area (Å²) in [7, 11) is 0. The van der Waals surface area contributed by atoms with Gasteiger partial charge in [0.1, 0.15) is 0 Å². The minimum Gasteiger partial charge on any atom is -0.478 e. The van der Waals surface area contributed by atoms with E-state index in [1.165, 1.54) is 0 Å². The van der Waals surface area contributed by atoms with Gasteiger partial charge in [-0.2, -0.15) is 5.26 Å². The molecule has 1 aromatic carbocycles. The molecule has 1 N–H and O–H groups in total. The van der Waals surface area contributed by atoms with Crippen LogP contribution in [0.3, 0.4) is 0 Å². The summed E-state index contributed by atoms with van der Waals surface area (Å²) >= 11 is 0. The fraction of sp³-hybridized carbons (Fsp3) is 0.385. The Hall–Kier alpha value is -2.02. The number of nitrogens with zero attached hydrogens (tertiary/aromatic N) is 2. The fourth-order valence-electron chi connectivity index (χ4n) is 1.72. The van der Waals surface area contributed by atoms with Crippen molar-refractivity contribution in [1.82, 2.24) is 0 Å². The first-order chi connectivity index (χ1) is 8.10. The van der Waals surface area contributed by atoms with Crippen LogP contribution in [0.15, 0.2) is 18.2 Å². The van der Waals surface area contributed by atoms with Crippen LogP contribution >= 0.6 is 0 Å². The zero-order valence-corrected chi connectivity index (χ0v) is 10.1. The topological polar surface area (TPSA) is 64.3 Å². The minimum absolute atomic E-state index is 0.287. The van der Waals surface area contributed by atoms with Crippen LogP contribution in [0.2, 0.25) is 0 Å². The van der Waals surface area contributed by atoms with Crippen molar-refractivity contribution in [3.63, 3.8) is 0 Å². The zero-order valence-electron chi connectivity index (χ0n) is 10.1. The average molecular weight is 232 g/mol. The highest BCUT2D eigenvalue weighted by Gasteiger charge is 2.14. The molecule has 0 bridgehead atoms. The van der Waals surface area contributed by atoms with Crippen LogP contribution in [0, 0.1) is 18.3 Å². The molecule has 0 saturated heterocycles. The van der Waals surface area contributed by atoms with Crippen molar-refractivity contribution in [2.24, 2.45) is 0 Å². The normalized spacial score (nSPS) is 9.71. The molecule has 0 aliphatic heterocycles. The molecule has 0 amide bonds. The average Bonchev–Trinajstić information content (AvgIpc) is 2.29. The first kappa shape index (κ1) is 13.0. The second kappa shape index (κ2) is 5.90. The number of aromatic carboxylic acids is 1. The van der Waals surface area contributed by atoms with E-state index in [2.05, 4.69) is 6.07 Å². The molecule has 0 aliphatic carbocycles. The van der Waals surface area contributed by atoms with E-state index in [9.17, 15) is 4.79 Å². The van der Waals surface area contributed by atoms with E-state index in [0.717, 1.165) is 5.56 Å². The molecule has 0 fully saturated rings. The number of rotatable bonds is 5. The summed E-state index contributed by atoms with van der Waals surface area (Å²) in [6.07, 6.45) is 0.390. The molecular weight excluding hydrogens is 216 g/mol. The van der Waals surface area contributed by atoms with Gasteiger partial charge in [-0.3, -0.25) is 0 Å². The molecule has 90 valence electrons. The number of carbonyl (C=O) groups is 1. The first-order valence-corrected chi connectivity index (χ1v) is 5.56. The molecule has 0 aliphatic rings. The highest BCUT2D eigenvalue weighted by molar-refractivity contribution is 5.94. The summed E-state index contributed by atoms with van der Waals surface area (Å²) in [5.41, 5.74) is 1.99. The number of benzene rings is 1. The van der Waals surface area contributed by atoms with E-state index in [-0.39, 0.29) is 5.56 Å². The molecule has 4 nitrogen and oxygen atoms in total. The van der Waals surface area contributed by atoms with Crippen molar-refractivity contribution in [2.75, 3.05) is 18.0 Å². The third kappa shape index (κ3) is 3.22. The maximum atomic E-state index is 11.1. The Morgan fingerprint density at radius 3 is 2.76 bits per heavy atom. The molecule has 1 aromatic rings. The minimum atomic E-state index is -0.935. The Morgan fingerprint density at radius 2 is 2.24 bits per heavy atom. The van der Waals surface area contributed by atoms with Crippen molar-refractivity contribution in [3.05, 3.63) is 29.3 Å². The van der Waals surface area contributed by atoms with Gasteiger partial charge in [0.05, 0.1) is 23.7 Å². The van der Waals surface area contributed by atoms with E-state index in [4.69, 9.17) is 10.4 Å². The molecule has 0 atom stereocenters. The Balaban J connectivity index is 3.12. The Labute approximate surface area is 101 Å². The van der Waals surface area contributed by atoms with Crippen LogP contribution in [0.1, 0.15) is 29.3 Å². The van der Waals surface area contributed by atoms with Gasteiger partial charge in [0.25, 0.3) is 0 Å². The summed E-state index contributed by atoms with van der Waals surface area (Å²) in [4.78, 5) is 13.1. The second-order valence-corrected chi connectivity index (χ2v) is 3.81. The number of carboxylic acid groups (broad SMARTS) is 1. The van der Waals surface area contributed by atoms with Crippen LogP contribution < -0.4 is 4.90 Å². The van der Waals surface area contributed by atoms with Crippen LogP contribution in [0.25, 0.3) is 0 Å². The van der Waals surface area contributed by atoms with Crippen molar-refractivity contribution in [3.8, 4) is 6.07 Å². The van der Waals surface area contributed by atoms with E-state index in [0.29, 0.717) is 25.2 Å². The molecule has 0 radical (unpaired) electrons. The number of anilines is 1. The first-order valence-electron chi connectivity index (χ1n) is 5.56. The van der Waals surface area contributed by atoms with Crippen molar-refractivity contribution < 1.29 is 9.90 Å². The van der Waals surface area contributed by atoms with Crippen LogP contribution in [0.4, 0.5) is 5.69 Å². The van der Waals surface area contributed by atoms with Crippen LogP contribution in [-0.4, -0.2) is 24.2 Å². The lowest BCUT2D eigenvalue weighted by Crippen LogP contribution is -2.25. The van der Waals surface area contributed by atoms with Gasteiger partial charge < -0.3 is 10.0 Å². The molecule has 17 heavy (non-hydrogen) atoms. The van der Waals surface area contributed by atoms with Gasteiger partial charge in [0, 0.05) is 13.1 Å². The largest absolute Gasteiger partial charge is 0.478 e. The molecule has 0 unspecified atom stereocenters. The predicted molar refractivity (Wildman–Crippen MR) is 66.3 cm³/mol. The Bertz CT molecular complexity index is 449. The fourth-order valence-corrected chi connectivity index (χ4v) is 1.72. The predicted octanol–water partition coefficient (Wildman–Crippen LogP) is 2.43. The van der Waals surface area contributed by atoms with Gasteiger partial charge in [-0.05, 0) is 31.5 Å². The summed E-state index contributed by atoms with van der Waals surface area (Å²) in [6.45, 7) is 5.11. The lowest BCUT2D eigenvalue weighted by atomic mass is 10.1. The molecule has 0 heterocycles. The number of hydrogen-bond donors (Lipinski definition) is 1. The highest BCUT2D eigenvalue weighted by atomic mass is 16.4. The lowest BCUT2D eigenvalue weighted by molar-refractivity contribution is 0.0697. The van der Waals surface area contributed by atoms with Crippen molar-refractivity contribution in [1.29, 1.82) is 5.26 Å². The molecular formula is C13H16N2O2. The number of hydrogen-bond acceptors (Lipinski definition) is 3. The quantitative estimate of drug-likeness (QED) is 0.846. The highest BCUT2D eigenvalue weighted by Crippen LogP contribution is 2.22. The third-order valence-corrected chi connectivity index (χ3v) is 2.60. The van der Waals surface area contributed by atoms with Crippen LogP contribution in [0.5, 0.6) is 0 Å². The Kier molecular flexibility index (Phi) is 4.53. The Morgan fingerprint density at radius 1 is 1.53 bits per heavy atom. The summed E-state index contributed by atoms with van der Waals surface area (Å²) in [5.74, 6) is -0.935.